The van der Waals surface area contributed by atoms with Crippen molar-refractivity contribution in [1.82, 2.24) is 0 Å². The van der Waals surface area contributed by atoms with Crippen LogP contribution in [0.1, 0.15) is 70.8 Å². The molecule has 1 N–H and O–H groups in total. The fourth-order valence-electron chi connectivity index (χ4n) is 2.54. The lowest BCUT2D eigenvalue weighted by Crippen LogP contribution is -2.34. The molecule has 0 bridgehead atoms. The van der Waals surface area contributed by atoms with Crippen molar-refractivity contribution in [2.24, 2.45) is 0 Å². The molecule has 33 heavy (non-hydrogen) atoms. The lowest BCUT2D eigenvalue weighted by molar-refractivity contribution is 0.0311. The van der Waals surface area contributed by atoms with Gasteiger partial charge in [0.15, 0.2) is 0 Å². The minimum Gasteiger partial charge on any atom is -0.502 e. The van der Waals surface area contributed by atoms with Gasteiger partial charge in [-0.15, -0.1) is 0 Å². The van der Waals surface area contributed by atoms with Crippen molar-refractivity contribution >= 4 is 20.2 Å². The van der Waals surface area contributed by atoms with Gasteiger partial charge in [-0.1, -0.05) is 88.3 Å². The summed E-state index contributed by atoms with van der Waals surface area (Å²) in [6.07, 6.45) is 14.6. The first-order valence-corrected chi connectivity index (χ1v) is 14.0. The van der Waals surface area contributed by atoms with Gasteiger partial charge in [-0.2, -0.15) is 25.6 Å². The summed E-state index contributed by atoms with van der Waals surface area (Å²) in [5, 5.41) is -4.68. The maximum atomic E-state index is 12.8. The molecule has 0 saturated carbocycles. The highest BCUT2D eigenvalue weighted by molar-refractivity contribution is 7.87. The Balaban J connectivity index is 0.000000653. The van der Waals surface area contributed by atoms with Crippen LogP contribution < -0.4 is 0 Å². The van der Waals surface area contributed by atoms with Crippen molar-refractivity contribution in [2.45, 2.75) is 76.2 Å². The molecule has 0 aliphatic rings. The van der Waals surface area contributed by atoms with Gasteiger partial charge in [-0.05, 0) is 18.9 Å². The van der Waals surface area contributed by atoms with Crippen LogP contribution in [0.2, 0.25) is 0 Å². The molecule has 0 fully saturated rings. The Morgan fingerprint density at radius 3 is 2.00 bits per heavy atom. The van der Waals surface area contributed by atoms with E-state index in [1.54, 1.807) is 12.3 Å². The van der Waals surface area contributed by atoms with E-state index in [1.807, 2.05) is 13.0 Å². The van der Waals surface area contributed by atoms with E-state index in [1.165, 1.54) is 75.6 Å². The van der Waals surface area contributed by atoms with Crippen molar-refractivity contribution in [1.29, 1.82) is 0 Å². The minimum atomic E-state index is -5.72. The molecule has 192 valence electrons. The molecule has 0 saturated heterocycles. The number of ether oxygens (including phenoxy) is 1. The lowest BCUT2D eigenvalue weighted by atomic mass is 10.1. The Bertz CT molecular complexity index is 856. The van der Waals surface area contributed by atoms with E-state index >= 15 is 0 Å². The van der Waals surface area contributed by atoms with Crippen molar-refractivity contribution in [3.63, 3.8) is 0 Å². The van der Waals surface area contributed by atoms with Crippen molar-refractivity contribution in [3.05, 3.63) is 48.2 Å². The average Bonchev–Trinajstić information content (AvgIpc) is 2.74. The van der Waals surface area contributed by atoms with Crippen LogP contribution in [0.5, 0.6) is 0 Å². The molecule has 7 nitrogen and oxygen atoms in total. The molecule has 11 heteroatoms. The van der Waals surface area contributed by atoms with Gasteiger partial charge in [0.1, 0.15) is 12.4 Å². The zero-order valence-electron chi connectivity index (χ0n) is 19.3. The predicted molar refractivity (Wildman–Crippen MR) is 125 cm³/mol. The van der Waals surface area contributed by atoms with Crippen LogP contribution in [0.3, 0.4) is 0 Å². The molecular formula is C22H36F2O7S2. The Labute approximate surface area is 197 Å². The topological polar surface area (TPSA) is 107 Å². The van der Waals surface area contributed by atoms with E-state index in [9.17, 15) is 25.6 Å². The first-order chi connectivity index (χ1) is 15.4. The summed E-state index contributed by atoms with van der Waals surface area (Å²) < 4.78 is 86.1. The molecule has 0 aromatic heterocycles. The Morgan fingerprint density at radius 2 is 1.48 bits per heavy atom. The highest BCUT2D eigenvalue weighted by atomic mass is 32.2. The van der Waals surface area contributed by atoms with Gasteiger partial charge < -0.3 is 4.74 Å². The number of hydrogen-bond acceptors (Lipinski definition) is 6. The highest BCUT2D eigenvalue weighted by Crippen LogP contribution is 2.22. The number of benzene rings is 1. The monoisotopic (exact) mass is 514 g/mol. The first kappa shape index (κ1) is 31.4. The maximum Gasteiger partial charge on any atom is 0.393 e. The zero-order chi connectivity index (χ0) is 25.2. The van der Waals surface area contributed by atoms with Gasteiger partial charge in [0.25, 0.3) is 10.1 Å². The molecule has 1 aromatic carbocycles. The van der Waals surface area contributed by atoms with E-state index in [0.29, 0.717) is 0 Å². The van der Waals surface area contributed by atoms with Crippen LogP contribution in [-0.4, -0.2) is 39.9 Å². The van der Waals surface area contributed by atoms with Gasteiger partial charge in [0, 0.05) is 0 Å². The van der Waals surface area contributed by atoms with Crippen LogP contribution >= 0.6 is 0 Å². The number of alkyl halides is 2. The molecule has 0 atom stereocenters. The lowest BCUT2D eigenvalue weighted by Gasteiger charge is -2.12. The maximum absolute atomic E-state index is 12.8. The van der Waals surface area contributed by atoms with Crippen LogP contribution in [0.4, 0.5) is 8.78 Å². The normalized spacial score (nSPS) is 12.4. The third kappa shape index (κ3) is 16.7. The second-order valence-electron chi connectivity index (χ2n) is 7.38. The first-order valence-electron chi connectivity index (χ1n) is 10.9. The number of rotatable bonds is 16. The second-order valence-corrected chi connectivity index (χ2v) is 10.6. The quantitative estimate of drug-likeness (QED) is 0.131. The molecule has 0 spiro atoms. The molecule has 0 aliphatic carbocycles. The Hall–Kier alpha value is -1.56. The smallest absolute Gasteiger partial charge is 0.393 e. The number of halogens is 2. The highest BCUT2D eigenvalue weighted by Gasteiger charge is 2.45. The van der Waals surface area contributed by atoms with Gasteiger partial charge in [-0.3, -0.25) is 8.74 Å². The Morgan fingerprint density at radius 1 is 0.939 bits per heavy atom. The van der Waals surface area contributed by atoms with E-state index in [4.69, 9.17) is 9.29 Å². The summed E-state index contributed by atoms with van der Waals surface area (Å²) in [5.41, 5.74) is 0.290. The molecule has 0 heterocycles. The minimum absolute atomic E-state index is 0.290. The van der Waals surface area contributed by atoms with Gasteiger partial charge in [0.2, 0.25) is 0 Å². The predicted octanol–water partition coefficient (Wildman–Crippen LogP) is 5.69. The average molecular weight is 515 g/mol. The van der Waals surface area contributed by atoms with Crippen LogP contribution in [0.25, 0.3) is 0 Å². The summed E-state index contributed by atoms with van der Waals surface area (Å²) in [7, 11) is -10.1. The summed E-state index contributed by atoms with van der Waals surface area (Å²) >= 11 is 0. The van der Waals surface area contributed by atoms with Crippen LogP contribution in [0, 0.1) is 0 Å². The second kappa shape index (κ2) is 17.0. The number of unbranched alkanes of at least 4 members (excludes halogenated alkanes) is 7. The third-order valence-corrected chi connectivity index (χ3v) is 6.35. The van der Waals surface area contributed by atoms with E-state index in [0.717, 1.165) is 6.61 Å². The molecule has 0 radical (unpaired) electrons. The van der Waals surface area contributed by atoms with Crippen molar-refractivity contribution in [2.75, 3.05) is 13.2 Å². The van der Waals surface area contributed by atoms with Crippen molar-refractivity contribution in [3.8, 4) is 0 Å². The summed E-state index contributed by atoms with van der Waals surface area (Å²) in [6.45, 7) is 3.16. The van der Waals surface area contributed by atoms with E-state index in [-0.39, 0.29) is 5.56 Å². The van der Waals surface area contributed by atoms with Crippen LogP contribution in [-0.2, 0) is 34.9 Å². The largest absolute Gasteiger partial charge is 0.502 e. The summed E-state index contributed by atoms with van der Waals surface area (Å²) in [4.78, 5) is 0. The molecule has 1 aromatic rings. The SMILES string of the molecule is CC=COCCCCCCCCCC.O=S(=O)(Cc1ccccc1)OCC(F)(F)S(=O)(=O)O. The van der Waals surface area contributed by atoms with Crippen molar-refractivity contribution < 1.29 is 39.1 Å². The standard InChI is InChI=1S/C13H26O.C9H10F2O6S2/c1-3-5-6-7-8-9-10-11-13-14-12-4-2;10-9(11,19(14,15)16)7-17-18(12,13)6-8-4-2-1-3-5-8/h4,12H,3,5-11,13H2,1-2H3;1-5H,6-7H2,(H,14,15,16). The summed E-state index contributed by atoms with van der Waals surface area (Å²) in [5.74, 6) is -0.685. The van der Waals surface area contributed by atoms with Crippen LogP contribution in [0.15, 0.2) is 42.7 Å². The molecule has 0 amide bonds. The van der Waals surface area contributed by atoms with E-state index < -0.39 is 37.9 Å². The van der Waals surface area contributed by atoms with Gasteiger partial charge in [-0.25, -0.2) is 0 Å². The molecule has 0 unspecified atom stereocenters. The Kier molecular flexibility index (Phi) is 16.2. The summed E-state index contributed by atoms with van der Waals surface area (Å²) in [6, 6.07) is 7.57. The number of hydrogen-bond donors (Lipinski definition) is 1. The fraction of sp³-hybridized carbons (Fsp3) is 0.636. The number of allylic oxidation sites excluding steroid dienone is 1. The van der Waals surface area contributed by atoms with Gasteiger partial charge in [0.05, 0.1) is 12.9 Å². The fourth-order valence-corrected chi connectivity index (χ4v) is 3.83. The molecular weight excluding hydrogens is 478 g/mol. The molecule has 1 rings (SSSR count). The zero-order valence-corrected chi connectivity index (χ0v) is 20.9. The van der Waals surface area contributed by atoms with Gasteiger partial charge >= 0.3 is 15.4 Å². The molecule has 0 aliphatic heterocycles. The van der Waals surface area contributed by atoms with E-state index in [2.05, 4.69) is 11.1 Å². The third-order valence-electron chi connectivity index (χ3n) is 4.32.